The van der Waals surface area contributed by atoms with E-state index in [1.54, 1.807) is 24.3 Å². The van der Waals surface area contributed by atoms with Crippen LogP contribution in [0.1, 0.15) is 26.3 Å². The number of aldehydes is 1. The van der Waals surface area contributed by atoms with Crippen LogP contribution < -0.4 is 5.32 Å². The predicted octanol–water partition coefficient (Wildman–Crippen LogP) is 1.83. The summed E-state index contributed by atoms with van der Waals surface area (Å²) in [7, 11) is 0. The molecule has 1 amide bonds. The molecule has 1 atom stereocenters. The van der Waals surface area contributed by atoms with E-state index in [0.717, 1.165) is 11.8 Å². The standard InChI is InChI=1S/C17H17NO3/c19-12-14-6-8-15(9-7-14)17(21)18-11-16(20)10-13-4-2-1-3-5-13/h1-9,12,16,20H,10-11H2,(H,18,21). The minimum atomic E-state index is -0.634. The lowest BCUT2D eigenvalue weighted by molar-refractivity contribution is 0.0915. The molecule has 1 unspecified atom stereocenters. The average Bonchev–Trinajstić information content (AvgIpc) is 2.53. The van der Waals surface area contributed by atoms with Gasteiger partial charge in [-0.25, -0.2) is 0 Å². The van der Waals surface area contributed by atoms with Crippen LogP contribution >= 0.6 is 0 Å². The monoisotopic (exact) mass is 283 g/mol. The van der Waals surface area contributed by atoms with Crippen LogP contribution in [-0.4, -0.2) is 29.9 Å². The second kappa shape index (κ2) is 7.36. The van der Waals surface area contributed by atoms with Gasteiger partial charge in [0.05, 0.1) is 6.10 Å². The number of aliphatic hydroxyl groups is 1. The lowest BCUT2D eigenvalue weighted by Gasteiger charge is -2.12. The maximum atomic E-state index is 11.9. The smallest absolute Gasteiger partial charge is 0.251 e. The van der Waals surface area contributed by atoms with Gasteiger partial charge >= 0.3 is 0 Å². The molecular weight excluding hydrogens is 266 g/mol. The molecule has 108 valence electrons. The Labute approximate surface area is 123 Å². The Morgan fingerprint density at radius 3 is 2.38 bits per heavy atom. The quantitative estimate of drug-likeness (QED) is 0.795. The molecule has 0 bridgehead atoms. The maximum Gasteiger partial charge on any atom is 0.251 e. The molecule has 0 aliphatic carbocycles. The number of carbonyl (C=O) groups excluding carboxylic acids is 2. The van der Waals surface area contributed by atoms with Gasteiger partial charge in [-0.1, -0.05) is 42.5 Å². The molecule has 2 aromatic rings. The van der Waals surface area contributed by atoms with Crippen molar-refractivity contribution >= 4 is 12.2 Å². The van der Waals surface area contributed by atoms with E-state index in [1.165, 1.54) is 0 Å². The molecule has 2 N–H and O–H groups in total. The Morgan fingerprint density at radius 2 is 1.76 bits per heavy atom. The van der Waals surface area contributed by atoms with Crippen molar-refractivity contribution in [3.05, 3.63) is 71.3 Å². The van der Waals surface area contributed by atoms with Crippen LogP contribution in [-0.2, 0) is 6.42 Å². The third kappa shape index (κ3) is 4.54. The van der Waals surface area contributed by atoms with Gasteiger partial charge < -0.3 is 10.4 Å². The van der Waals surface area contributed by atoms with Gasteiger partial charge in [0.2, 0.25) is 0 Å². The van der Waals surface area contributed by atoms with Crippen molar-refractivity contribution in [2.75, 3.05) is 6.54 Å². The third-order valence-corrected chi connectivity index (χ3v) is 3.12. The molecular formula is C17H17NO3. The van der Waals surface area contributed by atoms with Gasteiger partial charge in [-0.2, -0.15) is 0 Å². The highest BCUT2D eigenvalue weighted by Crippen LogP contribution is 2.04. The molecule has 4 heteroatoms. The Bertz CT molecular complexity index is 593. The largest absolute Gasteiger partial charge is 0.391 e. The van der Waals surface area contributed by atoms with Crippen LogP contribution in [0.15, 0.2) is 54.6 Å². The normalized spacial score (nSPS) is 11.7. The second-order valence-corrected chi connectivity index (χ2v) is 4.79. The van der Waals surface area contributed by atoms with Crippen LogP contribution in [0.5, 0.6) is 0 Å². The summed E-state index contributed by atoms with van der Waals surface area (Å²) < 4.78 is 0. The van der Waals surface area contributed by atoms with E-state index < -0.39 is 6.10 Å². The van der Waals surface area contributed by atoms with E-state index >= 15 is 0 Å². The van der Waals surface area contributed by atoms with Crippen molar-refractivity contribution in [1.29, 1.82) is 0 Å². The van der Waals surface area contributed by atoms with Gasteiger partial charge in [0.25, 0.3) is 5.91 Å². The highest BCUT2D eigenvalue weighted by Gasteiger charge is 2.09. The first-order chi connectivity index (χ1) is 10.2. The zero-order valence-corrected chi connectivity index (χ0v) is 11.5. The Balaban J connectivity index is 1.84. The van der Waals surface area contributed by atoms with Crippen LogP contribution in [0.25, 0.3) is 0 Å². The van der Waals surface area contributed by atoms with Crippen molar-refractivity contribution < 1.29 is 14.7 Å². The number of aliphatic hydroxyl groups excluding tert-OH is 1. The van der Waals surface area contributed by atoms with Crippen molar-refractivity contribution in [1.82, 2.24) is 5.32 Å². The zero-order valence-electron chi connectivity index (χ0n) is 11.5. The van der Waals surface area contributed by atoms with E-state index in [-0.39, 0.29) is 12.5 Å². The number of hydrogen-bond donors (Lipinski definition) is 2. The molecule has 0 aliphatic heterocycles. The van der Waals surface area contributed by atoms with Crippen LogP contribution in [0.2, 0.25) is 0 Å². The summed E-state index contributed by atoms with van der Waals surface area (Å²) in [5.41, 5.74) is 2.01. The van der Waals surface area contributed by atoms with Gasteiger partial charge in [0, 0.05) is 24.1 Å². The first-order valence-corrected chi connectivity index (χ1v) is 6.74. The molecule has 2 rings (SSSR count). The lowest BCUT2D eigenvalue weighted by atomic mass is 10.1. The summed E-state index contributed by atoms with van der Waals surface area (Å²) in [6.07, 6.45) is 0.585. The van der Waals surface area contributed by atoms with Crippen molar-refractivity contribution in [2.24, 2.45) is 0 Å². The van der Waals surface area contributed by atoms with E-state index in [9.17, 15) is 14.7 Å². The molecule has 0 heterocycles. The molecule has 0 saturated carbocycles. The van der Waals surface area contributed by atoms with Crippen LogP contribution in [0, 0.1) is 0 Å². The Hall–Kier alpha value is -2.46. The third-order valence-electron chi connectivity index (χ3n) is 3.12. The fourth-order valence-corrected chi connectivity index (χ4v) is 1.98. The summed E-state index contributed by atoms with van der Waals surface area (Å²) in [6.45, 7) is 0.184. The number of rotatable bonds is 6. The van der Waals surface area contributed by atoms with E-state index in [2.05, 4.69) is 5.32 Å². The first-order valence-electron chi connectivity index (χ1n) is 6.74. The van der Waals surface area contributed by atoms with Gasteiger partial charge in [-0.3, -0.25) is 9.59 Å². The number of benzene rings is 2. The molecule has 4 nitrogen and oxygen atoms in total. The van der Waals surface area contributed by atoms with E-state index in [4.69, 9.17) is 0 Å². The molecule has 0 spiro atoms. The molecule has 0 aromatic heterocycles. The van der Waals surface area contributed by atoms with E-state index in [1.807, 2.05) is 30.3 Å². The zero-order chi connectivity index (χ0) is 15.1. The summed E-state index contributed by atoms with van der Waals surface area (Å²) in [4.78, 5) is 22.4. The van der Waals surface area contributed by atoms with Crippen molar-refractivity contribution in [3.8, 4) is 0 Å². The topological polar surface area (TPSA) is 66.4 Å². The Kier molecular flexibility index (Phi) is 5.23. The summed E-state index contributed by atoms with van der Waals surface area (Å²) in [5, 5.41) is 12.6. The Morgan fingerprint density at radius 1 is 1.10 bits per heavy atom. The van der Waals surface area contributed by atoms with E-state index in [0.29, 0.717) is 17.5 Å². The predicted molar refractivity (Wildman–Crippen MR) is 80.3 cm³/mol. The molecule has 0 radical (unpaired) electrons. The summed E-state index contributed by atoms with van der Waals surface area (Å²) >= 11 is 0. The SMILES string of the molecule is O=Cc1ccc(C(=O)NCC(O)Cc2ccccc2)cc1. The van der Waals surface area contributed by atoms with Gasteiger partial charge in [0.15, 0.2) is 0 Å². The lowest BCUT2D eigenvalue weighted by Crippen LogP contribution is -2.33. The van der Waals surface area contributed by atoms with Crippen molar-refractivity contribution in [2.45, 2.75) is 12.5 Å². The van der Waals surface area contributed by atoms with Crippen LogP contribution in [0.4, 0.5) is 0 Å². The maximum absolute atomic E-state index is 11.9. The molecule has 0 fully saturated rings. The summed E-state index contributed by atoms with van der Waals surface area (Å²) in [6, 6.07) is 16.0. The molecule has 0 saturated heterocycles. The van der Waals surface area contributed by atoms with Crippen LogP contribution in [0.3, 0.4) is 0 Å². The highest BCUT2D eigenvalue weighted by atomic mass is 16.3. The molecule has 0 aliphatic rings. The number of nitrogens with one attached hydrogen (secondary N) is 1. The highest BCUT2D eigenvalue weighted by molar-refractivity contribution is 5.94. The molecule has 2 aromatic carbocycles. The second-order valence-electron chi connectivity index (χ2n) is 4.79. The van der Waals surface area contributed by atoms with Crippen molar-refractivity contribution in [3.63, 3.8) is 0 Å². The fourth-order valence-electron chi connectivity index (χ4n) is 1.98. The number of hydrogen-bond acceptors (Lipinski definition) is 3. The minimum Gasteiger partial charge on any atom is -0.391 e. The van der Waals surface area contributed by atoms with Gasteiger partial charge in [-0.15, -0.1) is 0 Å². The first kappa shape index (κ1) is 14.9. The van der Waals surface area contributed by atoms with Gasteiger partial charge in [-0.05, 0) is 17.7 Å². The summed E-state index contributed by atoms with van der Waals surface area (Å²) in [5.74, 6) is -0.264. The fraction of sp³-hybridized carbons (Fsp3) is 0.176. The number of carbonyl (C=O) groups is 2. The van der Waals surface area contributed by atoms with Gasteiger partial charge in [0.1, 0.15) is 6.29 Å². The number of amides is 1. The average molecular weight is 283 g/mol. The minimum absolute atomic E-state index is 0.184. The molecule has 21 heavy (non-hydrogen) atoms.